The predicted molar refractivity (Wildman–Crippen MR) is 126 cm³/mol. The van der Waals surface area contributed by atoms with E-state index in [0.29, 0.717) is 39.4 Å². The van der Waals surface area contributed by atoms with E-state index in [2.05, 4.69) is 8.75 Å². The van der Waals surface area contributed by atoms with Crippen LogP contribution < -0.4 is 14.2 Å². The molecule has 0 aliphatic carbocycles. The van der Waals surface area contributed by atoms with Gasteiger partial charge in [-0.3, -0.25) is 4.79 Å². The normalized spacial score (nSPS) is 13.0. The van der Waals surface area contributed by atoms with Crippen LogP contribution in [0.4, 0.5) is 0 Å². The van der Waals surface area contributed by atoms with Crippen LogP contribution in [0.3, 0.4) is 0 Å². The van der Waals surface area contributed by atoms with Crippen LogP contribution in [0, 0.1) is 0 Å². The van der Waals surface area contributed by atoms with Gasteiger partial charge < -0.3 is 19.3 Å². The SMILES string of the molecule is COc1ccc(C/C(C(=O)c2ccc3c(c2)OCO3)=C(\C(=O)O)c2ccc3nsnc3c2)cc1. The molecule has 1 aliphatic heterocycles. The van der Waals surface area contributed by atoms with Crippen molar-refractivity contribution in [3.63, 3.8) is 0 Å². The topological polar surface area (TPSA) is 108 Å². The monoisotopic (exact) mass is 474 g/mol. The van der Waals surface area contributed by atoms with Crippen molar-refractivity contribution in [2.45, 2.75) is 6.42 Å². The second-order valence-corrected chi connectivity index (χ2v) is 8.08. The highest BCUT2D eigenvalue weighted by Gasteiger charge is 2.26. The fourth-order valence-electron chi connectivity index (χ4n) is 3.81. The van der Waals surface area contributed by atoms with Crippen LogP contribution in [0.5, 0.6) is 17.2 Å². The molecule has 170 valence electrons. The van der Waals surface area contributed by atoms with E-state index >= 15 is 0 Å². The van der Waals surface area contributed by atoms with E-state index in [1.54, 1.807) is 67.8 Å². The van der Waals surface area contributed by atoms with Gasteiger partial charge in [-0.25, -0.2) is 4.79 Å². The lowest BCUT2D eigenvalue weighted by Crippen LogP contribution is -2.14. The molecule has 9 heteroatoms. The zero-order chi connectivity index (χ0) is 23.7. The van der Waals surface area contributed by atoms with Crippen molar-refractivity contribution in [2.24, 2.45) is 0 Å². The number of ketones is 1. The van der Waals surface area contributed by atoms with E-state index < -0.39 is 11.8 Å². The van der Waals surface area contributed by atoms with Crippen molar-refractivity contribution in [3.05, 3.63) is 82.9 Å². The first-order valence-electron chi connectivity index (χ1n) is 10.3. The summed E-state index contributed by atoms with van der Waals surface area (Å²) in [5.74, 6) is 0.0261. The number of carbonyl (C=O) groups excluding carboxylic acids is 1. The Kier molecular flexibility index (Phi) is 5.69. The molecule has 0 radical (unpaired) electrons. The average molecular weight is 474 g/mol. The van der Waals surface area contributed by atoms with Crippen molar-refractivity contribution < 1.29 is 28.9 Å². The fourth-order valence-corrected chi connectivity index (χ4v) is 4.32. The van der Waals surface area contributed by atoms with Gasteiger partial charge in [0.25, 0.3) is 0 Å². The van der Waals surface area contributed by atoms with Crippen LogP contribution in [-0.2, 0) is 11.2 Å². The van der Waals surface area contributed by atoms with Crippen LogP contribution in [0.1, 0.15) is 21.5 Å². The van der Waals surface area contributed by atoms with E-state index in [9.17, 15) is 14.7 Å². The van der Waals surface area contributed by atoms with Crippen molar-refractivity contribution in [1.29, 1.82) is 0 Å². The van der Waals surface area contributed by atoms with E-state index in [-0.39, 0.29) is 24.4 Å². The van der Waals surface area contributed by atoms with Gasteiger partial charge in [0.2, 0.25) is 6.79 Å². The van der Waals surface area contributed by atoms with Gasteiger partial charge >= 0.3 is 5.97 Å². The minimum Gasteiger partial charge on any atom is -0.497 e. The summed E-state index contributed by atoms with van der Waals surface area (Å²) in [6, 6.07) is 17.0. The first-order valence-corrected chi connectivity index (χ1v) is 11.0. The number of benzene rings is 3. The Bertz CT molecular complexity index is 1440. The Labute approximate surface area is 198 Å². The minimum atomic E-state index is -1.21. The van der Waals surface area contributed by atoms with Gasteiger partial charge in [0.05, 0.1) is 24.4 Å². The number of Topliss-reactive ketones (excluding diaryl/α,β-unsaturated/α-hetero) is 1. The van der Waals surface area contributed by atoms with Crippen LogP contribution >= 0.6 is 11.7 Å². The maximum absolute atomic E-state index is 13.7. The zero-order valence-corrected chi connectivity index (χ0v) is 18.8. The number of aliphatic carboxylic acids is 1. The minimum absolute atomic E-state index is 0.0730. The summed E-state index contributed by atoms with van der Waals surface area (Å²) in [4.78, 5) is 26.3. The van der Waals surface area contributed by atoms with Gasteiger partial charge in [0.15, 0.2) is 17.3 Å². The summed E-state index contributed by atoms with van der Waals surface area (Å²) < 4.78 is 24.3. The number of nitrogens with zero attached hydrogens (tertiary/aromatic N) is 2. The molecule has 0 atom stereocenters. The van der Waals surface area contributed by atoms with Crippen LogP contribution in [0.25, 0.3) is 16.6 Å². The number of hydrogen-bond donors (Lipinski definition) is 1. The molecular formula is C25H18N2O6S. The lowest BCUT2D eigenvalue weighted by molar-refractivity contribution is -0.130. The van der Waals surface area contributed by atoms with Gasteiger partial charge in [-0.05, 0) is 53.6 Å². The lowest BCUT2D eigenvalue weighted by Gasteiger charge is -2.14. The standard InChI is InChI=1S/C25H18N2O6S/c1-31-17-6-2-14(3-7-17)10-18(24(28)16-5-9-21-22(12-16)33-13-32-21)23(25(29)30)15-4-8-19-20(11-15)27-34-26-19/h2-9,11-12H,10,13H2,1H3,(H,29,30)/b23-18+. The summed E-state index contributed by atoms with van der Waals surface area (Å²) in [5, 5.41) is 10.2. The third-order valence-corrected chi connectivity index (χ3v) is 6.06. The number of carboxylic acid groups (broad SMARTS) is 1. The smallest absolute Gasteiger partial charge is 0.336 e. The first kappa shape index (κ1) is 21.6. The number of carboxylic acids is 1. The second kappa shape index (κ2) is 8.95. The molecule has 34 heavy (non-hydrogen) atoms. The number of rotatable bonds is 7. The molecule has 0 saturated carbocycles. The Morgan fingerprint density at radius 3 is 2.44 bits per heavy atom. The third-order valence-electron chi connectivity index (χ3n) is 5.51. The molecule has 1 aliphatic rings. The van der Waals surface area contributed by atoms with E-state index in [1.165, 1.54) is 0 Å². The molecule has 0 bridgehead atoms. The maximum Gasteiger partial charge on any atom is 0.336 e. The Morgan fingerprint density at radius 2 is 1.68 bits per heavy atom. The number of methoxy groups -OCH3 is 1. The average Bonchev–Trinajstić information content (AvgIpc) is 3.52. The van der Waals surface area contributed by atoms with E-state index in [0.717, 1.165) is 17.3 Å². The Balaban J connectivity index is 1.66. The van der Waals surface area contributed by atoms with E-state index in [4.69, 9.17) is 14.2 Å². The van der Waals surface area contributed by atoms with Crippen LogP contribution in [0.15, 0.2) is 66.2 Å². The van der Waals surface area contributed by atoms with Gasteiger partial charge in [-0.15, -0.1) is 0 Å². The summed E-state index contributed by atoms with van der Waals surface area (Å²) in [6.45, 7) is 0.0730. The molecule has 0 fully saturated rings. The summed E-state index contributed by atoms with van der Waals surface area (Å²) >= 11 is 1.04. The van der Waals surface area contributed by atoms with E-state index in [1.807, 2.05) is 0 Å². The predicted octanol–water partition coefficient (Wildman–Crippen LogP) is 4.39. The molecular weight excluding hydrogens is 456 g/mol. The zero-order valence-electron chi connectivity index (χ0n) is 18.0. The van der Waals surface area contributed by atoms with Crippen LogP contribution in [0.2, 0.25) is 0 Å². The summed E-state index contributed by atoms with van der Waals surface area (Å²) in [5.41, 5.74) is 2.73. The molecule has 0 saturated heterocycles. The summed E-state index contributed by atoms with van der Waals surface area (Å²) in [6.07, 6.45) is 0.103. The molecule has 8 nitrogen and oxygen atoms in total. The van der Waals surface area contributed by atoms with Gasteiger partial charge in [-0.2, -0.15) is 8.75 Å². The third kappa shape index (κ3) is 4.08. The number of carbonyl (C=O) groups is 2. The molecule has 1 N–H and O–H groups in total. The summed E-state index contributed by atoms with van der Waals surface area (Å²) in [7, 11) is 1.56. The van der Waals surface area contributed by atoms with Crippen LogP contribution in [-0.4, -0.2) is 39.5 Å². The highest BCUT2D eigenvalue weighted by Crippen LogP contribution is 2.34. The van der Waals surface area contributed by atoms with Crippen molar-refractivity contribution >= 4 is 40.1 Å². The quantitative estimate of drug-likeness (QED) is 0.310. The Hall–Kier alpha value is -4.24. The molecule has 3 aromatic carbocycles. The molecule has 5 rings (SSSR count). The molecule has 0 amide bonds. The first-order chi connectivity index (χ1) is 16.5. The lowest BCUT2D eigenvalue weighted by atomic mass is 9.89. The number of fused-ring (bicyclic) bond motifs is 2. The van der Waals surface area contributed by atoms with Gasteiger partial charge in [-0.1, -0.05) is 18.2 Å². The van der Waals surface area contributed by atoms with Crippen molar-refractivity contribution in [3.8, 4) is 17.2 Å². The van der Waals surface area contributed by atoms with Crippen molar-refractivity contribution in [1.82, 2.24) is 8.75 Å². The number of aromatic nitrogens is 2. The number of allylic oxidation sites excluding steroid dienone is 1. The Morgan fingerprint density at radius 1 is 0.941 bits per heavy atom. The number of ether oxygens (including phenoxy) is 3. The maximum atomic E-state index is 13.7. The largest absolute Gasteiger partial charge is 0.497 e. The molecule has 1 aromatic heterocycles. The molecule has 4 aromatic rings. The molecule has 2 heterocycles. The fraction of sp³-hybridized carbons (Fsp3) is 0.120. The number of hydrogen-bond acceptors (Lipinski definition) is 8. The molecule has 0 unspecified atom stereocenters. The molecule has 0 spiro atoms. The highest BCUT2D eigenvalue weighted by atomic mass is 32.1. The van der Waals surface area contributed by atoms with Gasteiger partial charge in [0, 0.05) is 17.6 Å². The highest BCUT2D eigenvalue weighted by molar-refractivity contribution is 7.00. The second-order valence-electron chi connectivity index (χ2n) is 7.55. The van der Waals surface area contributed by atoms with Crippen molar-refractivity contribution in [2.75, 3.05) is 13.9 Å². The van der Waals surface area contributed by atoms with Gasteiger partial charge in [0.1, 0.15) is 16.8 Å².